The Morgan fingerprint density at radius 1 is 1.27 bits per heavy atom. The Labute approximate surface area is 138 Å². The van der Waals surface area contributed by atoms with Crippen LogP contribution < -0.4 is 4.74 Å². The fourth-order valence-corrected chi connectivity index (χ4v) is 2.14. The molecule has 0 saturated carbocycles. The van der Waals surface area contributed by atoms with Crippen LogP contribution in [0.15, 0.2) is 53.0 Å². The number of amides is 1. The molecule has 0 aliphatic heterocycles. The molecule has 1 amide bonds. The fourth-order valence-electron chi connectivity index (χ4n) is 1.87. The molecule has 0 aliphatic carbocycles. The number of nitriles is 1. The van der Waals surface area contributed by atoms with Crippen molar-refractivity contribution in [3.05, 3.63) is 64.1 Å². The summed E-state index contributed by atoms with van der Waals surface area (Å²) < 4.78 is 6.59. The maximum Gasteiger partial charge on any atom is 0.253 e. The Balaban J connectivity index is 1.88. The molecule has 2 rings (SSSR count). The summed E-state index contributed by atoms with van der Waals surface area (Å²) in [4.78, 5) is 13.8. The van der Waals surface area contributed by atoms with Crippen LogP contribution in [-0.2, 0) is 0 Å². The van der Waals surface area contributed by atoms with E-state index >= 15 is 0 Å². The average molecular weight is 359 g/mol. The maximum absolute atomic E-state index is 12.3. The van der Waals surface area contributed by atoms with E-state index in [9.17, 15) is 4.79 Å². The highest BCUT2D eigenvalue weighted by molar-refractivity contribution is 9.10. The molecule has 22 heavy (non-hydrogen) atoms. The molecule has 5 heteroatoms. The summed E-state index contributed by atoms with van der Waals surface area (Å²) in [5, 5.41) is 8.87. The third-order valence-corrected chi connectivity index (χ3v) is 3.62. The van der Waals surface area contributed by atoms with Gasteiger partial charge in [-0.3, -0.25) is 4.79 Å². The van der Waals surface area contributed by atoms with Crippen molar-refractivity contribution in [3.63, 3.8) is 0 Å². The summed E-state index contributed by atoms with van der Waals surface area (Å²) in [6, 6.07) is 16.2. The summed E-state index contributed by atoms with van der Waals surface area (Å²) in [6.45, 7) is 0.869. The maximum atomic E-state index is 12.3. The van der Waals surface area contributed by atoms with Gasteiger partial charge in [-0.2, -0.15) is 5.26 Å². The van der Waals surface area contributed by atoms with Crippen LogP contribution in [-0.4, -0.2) is 31.0 Å². The van der Waals surface area contributed by atoms with Gasteiger partial charge in [-0.1, -0.05) is 22.0 Å². The lowest BCUT2D eigenvalue weighted by Gasteiger charge is -2.17. The number of benzene rings is 2. The highest BCUT2D eigenvalue weighted by Gasteiger charge is 2.12. The zero-order valence-corrected chi connectivity index (χ0v) is 13.7. The van der Waals surface area contributed by atoms with Crippen LogP contribution in [0, 0.1) is 11.3 Å². The highest BCUT2D eigenvalue weighted by Crippen LogP contribution is 2.16. The average Bonchev–Trinajstić information content (AvgIpc) is 2.56. The topological polar surface area (TPSA) is 53.3 Å². The molecular formula is C17H15BrN2O2. The van der Waals surface area contributed by atoms with Crippen LogP contribution in [0.5, 0.6) is 5.75 Å². The fraction of sp³-hybridized carbons (Fsp3) is 0.176. The van der Waals surface area contributed by atoms with Gasteiger partial charge in [-0.05, 0) is 42.5 Å². The van der Waals surface area contributed by atoms with Crippen molar-refractivity contribution < 1.29 is 9.53 Å². The number of hydrogen-bond donors (Lipinski definition) is 0. The van der Waals surface area contributed by atoms with Crippen molar-refractivity contribution in [2.24, 2.45) is 0 Å². The minimum absolute atomic E-state index is 0.128. The number of nitrogens with zero attached hydrogens (tertiary/aromatic N) is 2. The molecule has 0 unspecified atom stereocenters. The van der Waals surface area contributed by atoms with Crippen LogP contribution in [0.4, 0.5) is 0 Å². The van der Waals surface area contributed by atoms with Gasteiger partial charge in [-0.25, -0.2) is 0 Å². The molecule has 0 saturated heterocycles. The minimum atomic E-state index is -0.128. The Bertz CT molecular complexity index is 693. The predicted molar refractivity (Wildman–Crippen MR) is 87.8 cm³/mol. The number of ether oxygens (including phenoxy) is 1. The number of carbonyl (C=O) groups excluding carboxylic acids is 1. The van der Waals surface area contributed by atoms with E-state index in [1.54, 1.807) is 36.2 Å². The first kappa shape index (κ1) is 16.1. The van der Waals surface area contributed by atoms with E-state index in [1.807, 2.05) is 30.3 Å². The Hall–Kier alpha value is -2.32. The second-order valence-corrected chi connectivity index (χ2v) is 5.64. The monoisotopic (exact) mass is 358 g/mol. The zero-order valence-electron chi connectivity index (χ0n) is 12.1. The van der Waals surface area contributed by atoms with Crippen LogP contribution in [0.3, 0.4) is 0 Å². The number of rotatable bonds is 5. The van der Waals surface area contributed by atoms with E-state index in [2.05, 4.69) is 15.9 Å². The predicted octanol–water partition coefficient (Wildman–Crippen LogP) is 3.47. The molecule has 4 nitrogen and oxygen atoms in total. The van der Waals surface area contributed by atoms with Crippen LogP contribution in [0.2, 0.25) is 0 Å². The normalized spacial score (nSPS) is 9.86. The molecule has 0 N–H and O–H groups in total. The smallest absolute Gasteiger partial charge is 0.253 e. The molecule has 0 aliphatic rings. The molecule has 0 bridgehead atoms. The van der Waals surface area contributed by atoms with Crippen molar-refractivity contribution in [1.29, 1.82) is 5.26 Å². The second-order valence-electron chi connectivity index (χ2n) is 4.72. The van der Waals surface area contributed by atoms with E-state index < -0.39 is 0 Å². The number of likely N-dealkylation sites (N-methyl/N-ethyl adjacent to an activating group) is 1. The number of halogens is 1. The third kappa shape index (κ3) is 4.34. The highest BCUT2D eigenvalue weighted by atomic mass is 79.9. The van der Waals surface area contributed by atoms with Crippen LogP contribution in [0.1, 0.15) is 15.9 Å². The van der Waals surface area contributed by atoms with Crippen LogP contribution >= 0.6 is 15.9 Å². The summed E-state index contributed by atoms with van der Waals surface area (Å²) in [5.74, 6) is 0.632. The third-order valence-electron chi connectivity index (χ3n) is 3.09. The Kier molecular flexibility index (Phi) is 5.56. The quantitative estimate of drug-likeness (QED) is 0.822. The molecule has 0 fully saturated rings. The van der Waals surface area contributed by atoms with E-state index in [-0.39, 0.29) is 5.91 Å². The molecule has 2 aromatic carbocycles. The van der Waals surface area contributed by atoms with E-state index in [1.165, 1.54) is 0 Å². The van der Waals surface area contributed by atoms with Gasteiger partial charge in [0.25, 0.3) is 5.91 Å². The summed E-state index contributed by atoms with van der Waals surface area (Å²) in [5.41, 5.74) is 0.982. The van der Waals surface area contributed by atoms with Gasteiger partial charge in [0.05, 0.1) is 18.2 Å². The van der Waals surface area contributed by atoms with Gasteiger partial charge in [0.2, 0.25) is 0 Å². The lowest BCUT2D eigenvalue weighted by molar-refractivity contribution is 0.0773. The Morgan fingerprint density at radius 3 is 2.68 bits per heavy atom. The largest absolute Gasteiger partial charge is 0.492 e. The first-order valence-corrected chi connectivity index (χ1v) is 7.53. The standard InChI is InChI=1S/C17H15BrN2O2/c1-20(9-10-22-16-7-5-15(18)6-8-16)17(21)14-4-2-3-13(11-14)12-19/h2-8,11H,9-10H2,1H3. The summed E-state index contributed by atoms with van der Waals surface area (Å²) in [6.07, 6.45) is 0. The lowest BCUT2D eigenvalue weighted by atomic mass is 10.1. The summed E-state index contributed by atoms with van der Waals surface area (Å²) >= 11 is 3.36. The molecule has 0 spiro atoms. The van der Waals surface area contributed by atoms with Crippen molar-refractivity contribution in [2.75, 3.05) is 20.2 Å². The Morgan fingerprint density at radius 2 is 2.00 bits per heavy atom. The zero-order chi connectivity index (χ0) is 15.9. The molecular weight excluding hydrogens is 344 g/mol. The number of hydrogen-bond acceptors (Lipinski definition) is 3. The van der Waals surface area contributed by atoms with Crippen LogP contribution in [0.25, 0.3) is 0 Å². The van der Waals surface area contributed by atoms with E-state index in [4.69, 9.17) is 10.00 Å². The molecule has 2 aromatic rings. The van der Waals surface area contributed by atoms with Gasteiger partial charge in [0.15, 0.2) is 0 Å². The SMILES string of the molecule is CN(CCOc1ccc(Br)cc1)C(=O)c1cccc(C#N)c1. The van der Waals surface area contributed by atoms with Gasteiger partial charge >= 0.3 is 0 Å². The van der Waals surface area contributed by atoms with E-state index in [0.29, 0.717) is 24.3 Å². The molecule has 0 radical (unpaired) electrons. The number of carbonyl (C=O) groups is 1. The lowest BCUT2D eigenvalue weighted by Crippen LogP contribution is -2.30. The molecule has 0 atom stereocenters. The van der Waals surface area contributed by atoms with Crippen molar-refractivity contribution >= 4 is 21.8 Å². The van der Waals surface area contributed by atoms with Gasteiger partial charge in [0, 0.05) is 17.1 Å². The van der Waals surface area contributed by atoms with Gasteiger partial charge < -0.3 is 9.64 Å². The van der Waals surface area contributed by atoms with Crippen molar-refractivity contribution in [3.8, 4) is 11.8 Å². The molecule has 0 heterocycles. The van der Waals surface area contributed by atoms with Crippen molar-refractivity contribution in [2.45, 2.75) is 0 Å². The van der Waals surface area contributed by atoms with Crippen molar-refractivity contribution in [1.82, 2.24) is 4.90 Å². The molecule has 112 valence electrons. The van der Waals surface area contributed by atoms with E-state index in [0.717, 1.165) is 10.2 Å². The van der Waals surface area contributed by atoms with Gasteiger partial charge in [-0.15, -0.1) is 0 Å². The van der Waals surface area contributed by atoms with Gasteiger partial charge in [0.1, 0.15) is 12.4 Å². The first-order valence-electron chi connectivity index (χ1n) is 6.74. The minimum Gasteiger partial charge on any atom is -0.492 e. The second kappa shape index (κ2) is 7.62. The molecule has 0 aromatic heterocycles. The first-order chi connectivity index (χ1) is 10.6. The summed E-state index contributed by atoms with van der Waals surface area (Å²) in [7, 11) is 1.71.